The van der Waals surface area contributed by atoms with E-state index in [4.69, 9.17) is 8.83 Å². The molecule has 8 nitrogen and oxygen atoms in total. The average Bonchev–Trinajstić information content (AvgIpc) is 3.40. The first kappa shape index (κ1) is 19.5. The third-order valence-corrected chi connectivity index (χ3v) is 5.31. The molecule has 1 aromatic carbocycles. The van der Waals surface area contributed by atoms with Crippen molar-refractivity contribution in [1.29, 1.82) is 0 Å². The number of nitrogens with zero attached hydrogens (tertiary/aromatic N) is 2. The normalized spacial score (nSPS) is 16.7. The average molecular weight is 478 g/mol. The molecule has 0 radical (unpaired) electrons. The maximum atomic E-state index is 13.0. The highest BCUT2D eigenvalue weighted by atomic mass is 79.9. The molecule has 0 saturated carbocycles. The number of anilines is 1. The number of furan rings is 2. The number of hydrogen-bond acceptors (Lipinski definition) is 6. The standard InChI is InChI=1S/C19H16BrN3O5S/c1-29(25,26)22-13-5-2-4-12(10-13)14-11-15(16-6-3-9-27-16)23(21-14)19(24)17-7-8-18(20)28-17/h2-10,15,22H,11H2,1H3/t15-/m0/s1. The van der Waals surface area contributed by atoms with Gasteiger partial charge in [-0.3, -0.25) is 9.52 Å². The second-order valence-corrected chi connectivity index (χ2v) is 9.02. The highest BCUT2D eigenvalue weighted by Gasteiger charge is 2.36. The van der Waals surface area contributed by atoms with Crippen molar-refractivity contribution in [3.05, 3.63) is 76.5 Å². The number of sulfonamides is 1. The SMILES string of the molecule is CS(=O)(=O)Nc1cccc(C2=NN(C(=O)c3ccc(Br)o3)[C@H](c3ccco3)C2)c1. The van der Waals surface area contributed by atoms with Gasteiger partial charge >= 0.3 is 5.91 Å². The Balaban J connectivity index is 1.69. The van der Waals surface area contributed by atoms with Crippen molar-refractivity contribution >= 4 is 43.3 Å². The van der Waals surface area contributed by atoms with Crippen LogP contribution in [0.5, 0.6) is 0 Å². The lowest BCUT2D eigenvalue weighted by atomic mass is 10.0. The van der Waals surface area contributed by atoms with Gasteiger partial charge in [0, 0.05) is 12.1 Å². The van der Waals surface area contributed by atoms with Crippen LogP contribution in [0.2, 0.25) is 0 Å². The van der Waals surface area contributed by atoms with Gasteiger partial charge in [0.05, 0.1) is 18.2 Å². The minimum absolute atomic E-state index is 0.144. The number of hydrogen-bond donors (Lipinski definition) is 1. The zero-order valence-electron chi connectivity index (χ0n) is 15.2. The summed E-state index contributed by atoms with van der Waals surface area (Å²) in [6.45, 7) is 0. The van der Waals surface area contributed by atoms with Gasteiger partial charge < -0.3 is 8.83 Å². The maximum Gasteiger partial charge on any atom is 0.310 e. The van der Waals surface area contributed by atoms with Gasteiger partial charge in [-0.15, -0.1) is 0 Å². The van der Waals surface area contributed by atoms with E-state index >= 15 is 0 Å². The Hall–Kier alpha value is -2.85. The van der Waals surface area contributed by atoms with Gasteiger partial charge in [0.15, 0.2) is 10.4 Å². The molecule has 0 unspecified atom stereocenters. The van der Waals surface area contributed by atoms with Crippen LogP contribution in [-0.2, 0) is 10.0 Å². The topological polar surface area (TPSA) is 105 Å². The fraction of sp³-hybridized carbons (Fsp3) is 0.158. The Morgan fingerprint density at radius 3 is 2.72 bits per heavy atom. The fourth-order valence-corrected chi connectivity index (χ4v) is 3.95. The van der Waals surface area contributed by atoms with E-state index < -0.39 is 22.0 Å². The van der Waals surface area contributed by atoms with E-state index in [0.717, 1.165) is 6.26 Å². The van der Waals surface area contributed by atoms with Crippen molar-refractivity contribution in [2.45, 2.75) is 12.5 Å². The quantitative estimate of drug-likeness (QED) is 0.597. The summed E-state index contributed by atoms with van der Waals surface area (Å²) in [7, 11) is -3.41. The molecule has 0 fully saturated rings. The summed E-state index contributed by atoms with van der Waals surface area (Å²) in [5.41, 5.74) is 1.75. The fourth-order valence-electron chi connectivity index (χ4n) is 3.09. The van der Waals surface area contributed by atoms with Gasteiger partial charge in [-0.05, 0) is 57.9 Å². The van der Waals surface area contributed by atoms with Crippen LogP contribution in [0.3, 0.4) is 0 Å². The van der Waals surface area contributed by atoms with Crippen molar-refractivity contribution < 1.29 is 22.0 Å². The van der Waals surface area contributed by atoms with Crippen LogP contribution in [0, 0.1) is 0 Å². The number of amides is 1. The molecule has 29 heavy (non-hydrogen) atoms. The van der Waals surface area contributed by atoms with E-state index in [1.807, 2.05) is 6.07 Å². The summed E-state index contributed by atoms with van der Waals surface area (Å²) in [4.78, 5) is 13.0. The second kappa shape index (κ2) is 7.53. The molecule has 0 spiro atoms. The zero-order valence-corrected chi connectivity index (χ0v) is 17.6. The molecule has 1 N–H and O–H groups in total. The lowest BCUT2D eigenvalue weighted by molar-refractivity contribution is 0.0659. The molecule has 0 saturated heterocycles. The molecule has 1 aliphatic rings. The van der Waals surface area contributed by atoms with E-state index in [-0.39, 0.29) is 5.76 Å². The molecular weight excluding hydrogens is 462 g/mol. The Labute approximate surface area is 175 Å². The predicted octanol–water partition coefficient (Wildman–Crippen LogP) is 4.00. The monoisotopic (exact) mass is 477 g/mol. The number of hydrazone groups is 1. The van der Waals surface area contributed by atoms with Gasteiger partial charge in [0.1, 0.15) is 11.8 Å². The van der Waals surface area contributed by atoms with Crippen LogP contribution in [0.1, 0.15) is 34.3 Å². The Kier molecular flexibility index (Phi) is 5.05. The first-order chi connectivity index (χ1) is 13.8. The van der Waals surface area contributed by atoms with E-state index in [9.17, 15) is 13.2 Å². The highest BCUT2D eigenvalue weighted by molar-refractivity contribution is 9.10. The summed E-state index contributed by atoms with van der Waals surface area (Å²) in [6.07, 6.45) is 3.03. The Morgan fingerprint density at radius 1 is 1.24 bits per heavy atom. The highest BCUT2D eigenvalue weighted by Crippen LogP contribution is 2.35. The van der Waals surface area contributed by atoms with Crippen LogP contribution >= 0.6 is 15.9 Å². The molecular formula is C19H16BrN3O5S. The first-order valence-corrected chi connectivity index (χ1v) is 11.3. The summed E-state index contributed by atoms with van der Waals surface area (Å²) >= 11 is 3.20. The molecule has 0 aliphatic carbocycles. The molecule has 10 heteroatoms. The van der Waals surface area contributed by atoms with Gasteiger partial charge in [0.2, 0.25) is 10.0 Å². The lowest BCUT2D eigenvalue weighted by Gasteiger charge is -2.18. The van der Waals surface area contributed by atoms with E-state index in [0.29, 0.717) is 33.8 Å². The van der Waals surface area contributed by atoms with Crippen LogP contribution in [0.15, 0.2) is 73.4 Å². The van der Waals surface area contributed by atoms with Gasteiger partial charge in [-0.25, -0.2) is 13.4 Å². The first-order valence-electron chi connectivity index (χ1n) is 8.58. The molecule has 2 aromatic heterocycles. The lowest BCUT2D eigenvalue weighted by Crippen LogP contribution is -2.26. The van der Waals surface area contributed by atoms with Crippen molar-refractivity contribution in [3.63, 3.8) is 0 Å². The zero-order chi connectivity index (χ0) is 20.6. The minimum atomic E-state index is -3.41. The number of carbonyl (C=O) groups excluding carboxylic acids is 1. The smallest absolute Gasteiger partial charge is 0.310 e. The van der Waals surface area contributed by atoms with E-state index in [2.05, 4.69) is 25.8 Å². The molecule has 0 bridgehead atoms. The molecule has 3 heterocycles. The minimum Gasteiger partial charge on any atom is -0.467 e. The summed E-state index contributed by atoms with van der Waals surface area (Å²) in [5.74, 6) is 0.330. The van der Waals surface area contributed by atoms with Crippen molar-refractivity contribution in [3.8, 4) is 0 Å². The number of rotatable bonds is 5. The molecule has 3 aromatic rings. The number of carbonyl (C=O) groups is 1. The van der Waals surface area contributed by atoms with Gasteiger partial charge in [-0.1, -0.05) is 12.1 Å². The Morgan fingerprint density at radius 2 is 2.07 bits per heavy atom. The number of nitrogens with one attached hydrogen (secondary N) is 1. The molecule has 4 rings (SSSR count). The maximum absolute atomic E-state index is 13.0. The molecule has 1 atom stereocenters. The Bertz CT molecular complexity index is 1180. The van der Waals surface area contributed by atoms with Crippen molar-refractivity contribution in [2.24, 2.45) is 5.10 Å². The van der Waals surface area contributed by atoms with Crippen LogP contribution < -0.4 is 4.72 Å². The number of halogens is 1. The third kappa shape index (κ3) is 4.28. The second-order valence-electron chi connectivity index (χ2n) is 6.49. The van der Waals surface area contributed by atoms with Crippen LogP contribution in [0.4, 0.5) is 5.69 Å². The molecule has 1 aliphatic heterocycles. The van der Waals surface area contributed by atoms with Crippen molar-refractivity contribution in [2.75, 3.05) is 11.0 Å². The van der Waals surface area contributed by atoms with Crippen LogP contribution in [0.25, 0.3) is 0 Å². The third-order valence-electron chi connectivity index (χ3n) is 4.27. The van der Waals surface area contributed by atoms with E-state index in [1.165, 1.54) is 11.3 Å². The van der Waals surface area contributed by atoms with Crippen LogP contribution in [-0.4, -0.2) is 31.3 Å². The summed E-state index contributed by atoms with van der Waals surface area (Å²) < 4.78 is 36.8. The summed E-state index contributed by atoms with van der Waals surface area (Å²) in [5, 5.41) is 5.84. The largest absolute Gasteiger partial charge is 0.467 e. The summed E-state index contributed by atoms with van der Waals surface area (Å²) in [6, 6.07) is 13.1. The molecule has 1 amide bonds. The predicted molar refractivity (Wildman–Crippen MR) is 110 cm³/mol. The van der Waals surface area contributed by atoms with E-state index in [1.54, 1.807) is 42.5 Å². The van der Waals surface area contributed by atoms with Crippen molar-refractivity contribution in [1.82, 2.24) is 5.01 Å². The molecule has 150 valence electrons. The van der Waals surface area contributed by atoms with Gasteiger partial charge in [-0.2, -0.15) is 5.10 Å². The van der Waals surface area contributed by atoms with Gasteiger partial charge in [0.25, 0.3) is 0 Å². The number of benzene rings is 1.